The third kappa shape index (κ3) is 4.16. The van der Waals surface area contributed by atoms with Gasteiger partial charge >= 0.3 is 0 Å². The van der Waals surface area contributed by atoms with Gasteiger partial charge in [0.25, 0.3) is 0 Å². The number of ether oxygens (including phenoxy) is 1. The first-order chi connectivity index (χ1) is 14.4. The van der Waals surface area contributed by atoms with E-state index in [0.717, 1.165) is 43.3 Å². The highest BCUT2D eigenvalue weighted by Crippen LogP contribution is 2.44. The van der Waals surface area contributed by atoms with Crippen LogP contribution >= 0.6 is 11.3 Å². The molecule has 0 bridgehead atoms. The topological polar surface area (TPSA) is 69.9 Å². The second-order valence-corrected chi connectivity index (χ2v) is 8.60. The van der Waals surface area contributed by atoms with Gasteiger partial charge in [-0.3, -0.25) is 0 Å². The van der Waals surface area contributed by atoms with Gasteiger partial charge in [0.2, 0.25) is 0 Å². The molecule has 4 nitrogen and oxygen atoms in total. The zero-order chi connectivity index (χ0) is 21.9. The van der Waals surface area contributed by atoms with Gasteiger partial charge in [-0.15, -0.1) is 0 Å². The van der Waals surface area contributed by atoms with E-state index < -0.39 is 5.60 Å². The van der Waals surface area contributed by atoms with Crippen LogP contribution in [-0.4, -0.2) is 22.4 Å². The summed E-state index contributed by atoms with van der Waals surface area (Å²) in [4.78, 5) is 1.08. The number of methoxy groups -OCH3 is 1. The molecule has 3 N–H and O–H groups in total. The lowest BCUT2D eigenvalue weighted by atomic mass is 9.86. The molecule has 0 amide bonds. The molecule has 0 spiro atoms. The van der Waals surface area contributed by atoms with E-state index in [0.29, 0.717) is 18.4 Å². The Hall–Kier alpha value is -2.18. The Balaban J connectivity index is 2.05. The molecule has 160 valence electrons. The lowest BCUT2D eigenvalue weighted by Crippen LogP contribution is -2.23. The van der Waals surface area contributed by atoms with Crippen LogP contribution in [0.5, 0.6) is 5.06 Å². The first-order valence-corrected chi connectivity index (χ1v) is 11.1. The van der Waals surface area contributed by atoms with Crippen LogP contribution < -0.4 is 4.74 Å². The molecule has 3 rings (SSSR count). The molecular formula is C25H30O4S. The van der Waals surface area contributed by atoms with Crippen molar-refractivity contribution in [2.24, 2.45) is 0 Å². The number of thiophene rings is 1. The number of hydrogen-bond donors (Lipinski definition) is 3. The highest BCUT2D eigenvalue weighted by molar-refractivity contribution is 7.17. The molecule has 0 unspecified atom stereocenters. The highest BCUT2D eigenvalue weighted by Gasteiger charge is 2.25. The van der Waals surface area contributed by atoms with E-state index in [1.165, 1.54) is 0 Å². The standard InChI is InChI=1S/C25H30O4S/c1-5-25(28,6-2)20-9-10-21(16(3)11-20)23-13-22(24(29-4)30-23)17-7-8-18(14-26)19(12-17)15-27/h7-13,26-28H,5-6,14-15H2,1-4H3. The zero-order valence-electron chi connectivity index (χ0n) is 18.0. The molecule has 0 saturated heterocycles. The Labute approximate surface area is 182 Å². The first kappa shape index (κ1) is 22.5. The molecule has 5 heteroatoms. The fourth-order valence-electron chi connectivity index (χ4n) is 3.84. The van der Waals surface area contributed by atoms with Crippen molar-refractivity contribution < 1.29 is 20.1 Å². The van der Waals surface area contributed by atoms with Gasteiger partial charge in [0.15, 0.2) is 5.06 Å². The van der Waals surface area contributed by atoms with E-state index in [1.807, 2.05) is 38.1 Å². The molecule has 0 aliphatic carbocycles. The SMILES string of the molecule is CCC(O)(CC)c1ccc(-c2cc(-c3ccc(CO)c(CO)c3)c(OC)s2)c(C)c1. The second-order valence-electron chi connectivity index (χ2n) is 7.58. The molecule has 0 atom stereocenters. The summed E-state index contributed by atoms with van der Waals surface area (Å²) in [5.74, 6) is 0. The lowest BCUT2D eigenvalue weighted by Gasteiger charge is -2.26. The minimum Gasteiger partial charge on any atom is -0.487 e. The number of aryl methyl sites for hydroxylation is 1. The summed E-state index contributed by atoms with van der Waals surface area (Å²) in [6.45, 7) is 5.85. The van der Waals surface area contributed by atoms with Gasteiger partial charge in [-0.1, -0.05) is 55.5 Å². The van der Waals surface area contributed by atoms with Gasteiger partial charge in [0.05, 0.1) is 25.9 Å². The third-order valence-corrected chi connectivity index (χ3v) is 7.07. The van der Waals surface area contributed by atoms with Gasteiger partial charge in [-0.05, 0) is 65.3 Å². The zero-order valence-corrected chi connectivity index (χ0v) is 18.8. The average molecular weight is 427 g/mol. The first-order valence-electron chi connectivity index (χ1n) is 10.3. The van der Waals surface area contributed by atoms with Crippen LogP contribution in [0.3, 0.4) is 0 Å². The normalized spacial score (nSPS) is 11.7. The molecular weight excluding hydrogens is 396 g/mol. The predicted molar refractivity (Wildman–Crippen MR) is 123 cm³/mol. The van der Waals surface area contributed by atoms with E-state index in [1.54, 1.807) is 18.4 Å². The maximum absolute atomic E-state index is 10.9. The molecule has 0 fully saturated rings. The van der Waals surface area contributed by atoms with Crippen LogP contribution in [-0.2, 0) is 18.8 Å². The Morgan fingerprint density at radius 2 is 1.60 bits per heavy atom. The number of aliphatic hydroxyl groups is 3. The maximum Gasteiger partial charge on any atom is 0.181 e. The van der Waals surface area contributed by atoms with E-state index in [2.05, 4.69) is 25.1 Å². The van der Waals surface area contributed by atoms with Gasteiger partial charge < -0.3 is 20.1 Å². The Morgan fingerprint density at radius 1 is 0.900 bits per heavy atom. The van der Waals surface area contributed by atoms with Gasteiger partial charge in [-0.2, -0.15) is 0 Å². The number of aliphatic hydroxyl groups excluding tert-OH is 2. The van der Waals surface area contributed by atoms with Crippen LogP contribution in [0.25, 0.3) is 21.6 Å². The van der Waals surface area contributed by atoms with Crippen molar-refractivity contribution in [2.75, 3.05) is 7.11 Å². The Morgan fingerprint density at radius 3 is 2.17 bits per heavy atom. The predicted octanol–water partition coefficient (Wildman–Crippen LogP) is 5.39. The summed E-state index contributed by atoms with van der Waals surface area (Å²) >= 11 is 1.57. The van der Waals surface area contributed by atoms with Crippen molar-refractivity contribution in [1.82, 2.24) is 0 Å². The fraction of sp³-hybridized carbons (Fsp3) is 0.360. The molecule has 1 heterocycles. The summed E-state index contributed by atoms with van der Waals surface area (Å²) in [7, 11) is 1.66. The van der Waals surface area contributed by atoms with Crippen molar-refractivity contribution in [3.8, 4) is 26.6 Å². The molecule has 1 aromatic heterocycles. The number of hydrogen-bond acceptors (Lipinski definition) is 5. The number of benzene rings is 2. The minimum absolute atomic E-state index is 0.102. The molecule has 0 aliphatic heterocycles. The Bertz CT molecular complexity index is 1020. The summed E-state index contributed by atoms with van der Waals surface area (Å²) in [6.07, 6.45) is 1.35. The van der Waals surface area contributed by atoms with Gasteiger partial charge in [-0.25, -0.2) is 0 Å². The molecule has 30 heavy (non-hydrogen) atoms. The molecule has 0 radical (unpaired) electrons. The minimum atomic E-state index is -0.795. The highest BCUT2D eigenvalue weighted by atomic mass is 32.1. The fourth-order valence-corrected chi connectivity index (χ4v) is 4.93. The van der Waals surface area contributed by atoms with Crippen molar-refractivity contribution in [2.45, 2.75) is 52.4 Å². The van der Waals surface area contributed by atoms with Crippen molar-refractivity contribution >= 4 is 11.3 Å². The second kappa shape index (κ2) is 9.31. The summed E-state index contributed by atoms with van der Waals surface area (Å²) in [5, 5.41) is 30.8. The largest absolute Gasteiger partial charge is 0.487 e. The van der Waals surface area contributed by atoms with Crippen molar-refractivity contribution in [1.29, 1.82) is 0 Å². The molecule has 3 aromatic rings. The molecule has 0 saturated carbocycles. The van der Waals surface area contributed by atoms with Crippen LogP contribution in [0.15, 0.2) is 42.5 Å². The van der Waals surface area contributed by atoms with Crippen LogP contribution in [0.2, 0.25) is 0 Å². The summed E-state index contributed by atoms with van der Waals surface area (Å²) in [6, 6.07) is 14.0. The summed E-state index contributed by atoms with van der Waals surface area (Å²) in [5.41, 5.74) is 5.70. The van der Waals surface area contributed by atoms with E-state index in [4.69, 9.17) is 4.74 Å². The van der Waals surface area contributed by atoms with E-state index >= 15 is 0 Å². The van der Waals surface area contributed by atoms with Gasteiger partial charge in [0, 0.05) is 10.4 Å². The average Bonchev–Trinajstić information content (AvgIpc) is 3.22. The third-order valence-electron chi connectivity index (χ3n) is 5.94. The number of rotatable bonds is 8. The smallest absolute Gasteiger partial charge is 0.181 e. The van der Waals surface area contributed by atoms with Gasteiger partial charge in [0.1, 0.15) is 0 Å². The van der Waals surface area contributed by atoms with Crippen molar-refractivity contribution in [3.05, 3.63) is 64.7 Å². The van der Waals surface area contributed by atoms with Crippen LogP contribution in [0, 0.1) is 6.92 Å². The van der Waals surface area contributed by atoms with E-state index in [-0.39, 0.29) is 13.2 Å². The van der Waals surface area contributed by atoms with Crippen molar-refractivity contribution in [3.63, 3.8) is 0 Å². The maximum atomic E-state index is 10.9. The summed E-state index contributed by atoms with van der Waals surface area (Å²) < 4.78 is 5.65. The molecule has 0 aliphatic rings. The Kier molecular flexibility index (Phi) is 6.98. The quantitative estimate of drug-likeness (QED) is 0.452. The van der Waals surface area contributed by atoms with Crippen LogP contribution in [0.1, 0.15) is 48.9 Å². The van der Waals surface area contributed by atoms with E-state index in [9.17, 15) is 15.3 Å². The molecule has 2 aromatic carbocycles. The lowest BCUT2D eigenvalue weighted by molar-refractivity contribution is 0.0283. The monoisotopic (exact) mass is 426 g/mol. The van der Waals surface area contributed by atoms with Crippen LogP contribution in [0.4, 0.5) is 0 Å².